The molecule has 0 saturated carbocycles. The molecule has 0 fully saturated rings. The highest BCUT2D eigenvalue weighted by atomic mass is 16.3. The zero-order valence-electron chi connectivity index (χ0n) is 18.1. The molecule has 0 atom stereocenters. The van der Waals surface area contributed by atoms with Gasteiger partial charge in [0.2, 0.25) is 0 Å². The van der Waals surface area contributed by atoms with E-state index in [-0.39, 0.29) is 18.0 Å². The maximum atomic E-state index is 13.1. The lowest BCUT2D eigenvalue weighted by Gasteiger charge is -2.10. The maximum Gasteiger partial charge on any atom is 0.172 e. The number of allylic oxidation sites excluding steroid dienone is 2. The molecule has 0 aliphatic heterocycles. The Morgan fingerprint density at radius 3 is 2.55 bits per heavy atom. The largest absolute Gasteiger partial charge is 0.461 e. The molecule has 0 unspecified atom stereocenters. The summed E-state index contributed by atoms with van der Waals surface area (Å²) >= 11 is 0. The van der Waals surface area contributed by atoms with E-state index in [1.165, 1.54) is 0 Å². The van der Waals surface area contributed by atoms with Crippen LogP contribution < -0.4 is 0 Å². The molecule has 0 spiro atoms. The van der Waals surface area contributed by atoms with E-state index < -0.39 is 0 Å². The number of hydrogen-bond donors (Lipinski definition) is 1. The van der Waals surface area contributed by atoms with Crippen molar-refractivity contribution in [1.82, 2.24) is 9.88 Å². The van der Waals surface area contributed by atoms with Crippen molar-refractivity contribution in [2.75, 3.05) is 14.1 Å². The first kappa shape index (κ1) is 19.5. The molecule has 31 heavy (non-hydrogen) atoms. The molecule has 1 aliphatic rings. The third kappa shape index (κ3) is 3.04. The Labute approximate surface area is 180 Å². The van der Waals surface area contributed by atoms with Crippen LogP contribution in [-0.2, 0) is 16.1 Å². The van der Waals surface area contributed by atoms with E-state index in [0.29, 0.717) is 16.9 Å². The quantitative estimate of drug-likeness (QED) is 0.477. The van der Waals surface area contributed by atoms with Gasteiger partial charge in [0, 0.05) is 51.3 Å². The number of Topliss-reactive ketones (excluding diaryl/α,β-unsaturated/α-hetero) is 2. The van der Waals surface area contributed by atoms with Crippen LogP contribution in [0.3, 0.4) is 0 Å². The lowest BCUT2D eigenvalue weighted by Crippen LogP contribution is -2.10. The van der Waals surface area contributed by atoms with Crippen molar-refractivity contribution in [2.24, 2.45) is 0 Å². The van der Waals surface area contributed by atoms with E-state index in [4.69, 9.17) is 4.42 Å². The Hall–Kier alpha value is -3.44. The van der Waals surface area contributed by atoms with Crippen LogP contribution in [0.1, 0.15) is 34.4 Å². The van der Waals surface area contributed by atoms with E-state index in [1.54, 1.807) is 0 Å². The summed E-state index contributed by atoms with van der Waals surface area (Å²) in [5, 5.41) is 1.83. The molecule has 1 N–H and O–H groups in total. The van der Waals surface area contributed by atoms with Gasteiger partial charge in [0.05, 0.1) is 6.42 Å². The average Bonchev–Trinajstić information content (AvgIpc) is 3.34. The van der Waals surface area contributed by atoms with Gasteiger partial charge in [-0.3, -0.25) is 9.59 Å². The minimum Gasteiger partial charge on any atom is -0.461 e. The highest BCUT2D eigenvalue weighted by Gasteiger charge is 2.36. The molecule has 1 aliphatic carbocycles. The van der Waals surface area contributed by atoms with Crippen LogP contribution in [0.4, 0.5) is 0 Å². The van der Waals surface area contributed by atoms with Crippen molar-refractivity contribution < 1.29 is 14.0 Å². The fourth-order valence-corrected chi connectivity index (χ4v) is 4.70. The number of nitrogens with zero attached hydrogens (tertiary/aromatic N) is 1. The van der Waals surface area contributed by atoms with Gasteiger partial charge in [-0.2, -0.15) is 0 Å². The Bertz CT molecular complexity index is 1420. The van der Waals surface area contributed by atoms with Gasteiger partial charge in [0.25, 0.3) is 0 Å². The molecular formula is C26H24N2O3. The fraction of sp³-hybridized carbons (Fsp3) is 0.231. The number of carbonyl (C=O) groups excluding carboxylic acids is 2. The molecule has 5 nitrogen and oxygen atoms in total. The number of furan rings is 1. The van der Waals surface area contributed by atoms with E-state index >= 15 is 0 Å². The van der Waals surface area contributed by atoms with Gasteiger partial charge in [-0.05, 0) is 51.2 Å². The molecule has 156 valence electrons. The van der Waals surface area contributed by atoms with Gasteiger partial charge < -0.3 is 14.3 Å². The third-order valence-corrected chi connectivity index (χ3v) is 6.00. The Balaban J connectivity index is 1.81. The molecule has 2 aromatic heterocycles. The number of aromatic nitrogens is 1. The number of rotatable bonds is 4. The van der Waals surface area contributed by atoms with Crippen LogP contribution >= 0.6 is 0 Å². The standard InChI is InChI=1S/C26H24N2O3/c1-14-6-5-7-17-19(12-27-26(14)17)24-20(29)11-21(30)25(24)23-15(2)31-22-9-8-16(10-18(22)23)13-28(3)4/h5-10,12,27H,11,13H2,1-4H3. The number of aryl methyl sites for hydroxylation is 2. The highest BCUT2D eigenvalue weighted by molar-refractivity contribution is 6.52. The van der Waals surface area contributed by atoms with Crippen molar-refractivity contribution >= 4 is 44.6 Å². The number of carbonyl (C=O) groups is 2. The summed E-state index contributed by atoms with van der Waals surface area (Å²) in [6, 6.07) is 12.0. The van der Waals surface area contributed by atoms with Crippen LogP contribution in [0, 0.1) is 13.8 Å². The number of nitrogens with one attached hydrogen (secondary N) is 1. The van der Waals surface area contributed by atoms with Gasteiger partial charge in [-0.1, -0.05) is 24.3 Å². The summed E-state index contributed by atoms with van der Waals surface area (Å²) in [6.07, 6.45) is 1.74. The lowest BCUT2D eigenvalue weighted by molar-refractivity contribution is -0.119. The molecule has 0 radical (unpaired) electrons. The molecule has 4 aromatic rings. The van der Waals surface area contributed by atoms with Gasteiger partial charge in [-0.15, -0.1) is 0 Å². The van der Waals surface area contributed by atoms with E-state index in [1.807, 2.05) is 64.5 Å². The SMILES string of the molecule is Cc1oc2ccc(CN(C)C)cc2c1C1=C(c2c[nH]c3c(C)cccc23)C(=O)CC1=O. The van der Waals surface area contributed by atoms with Crippen LogP contribution in [0.15, 0.2) is 47.0 Å². The number of ketones is 2. The first-order valence-electron chi connectivity index (χ1n) is 10.4. The molecule has 2 heterocycles. The van der Waals surface area contributed by atoms with Crippen LogP contribution in [0.25, 0.3) is 33.0 Å². The second-order valence-electron chi connectivity index (χ2n) is 8.57. The number of benzene rings is 2. The molecular weight excluding hydrogens is 388 g/mol. The number of para-hydroxylation sites is 1. The molecule has 0 saturated heterocycles. The summed E-state index contributed by atoms with van der Waals surface area (Å²) in [6.45, 7) is 4.67. The summed E-state index contributed by atoms with van der Waals surface area (Å²) in [4.78, 5) is 31.5. The molecule has 5 heteroatoms. The molecule has 0 amide bonds. The topological polar surface area (TPSA) is 66.3 Å². The van der Waals surface area contributed by atoms with E-state index in [9.17, 15) is 9.59 Å². The average molecular weight is 412 g/mol. The number of fused-ring (bicyclic) bond motifs is 2. The fourth-order valence-electron chi connectivity index (χ4n) is 4.70. The van der Waals surface area contributed by atoms with Gasteiger partial charge in [0.1, 0.15) is 11.3 Å². The minimum atomic E-state index is -0.147. The van der Waals surface area contributed by atoms with Crippen molar-refractivity contribution in [3.05, 3.63) is 70.6 Å². The van der Waals surface area contributed by atoms with Crippen LogP contribution in [0.5, 0.6) is 0 Å². The summed E-state index contributed by atoms with van der Waals surface area (Å²) in [7, 11) is 4.04. The molecule has 0 bridgehead atoms. The first-order chi connectivity index (χ1) is 14.8. The van der Waals surface area contributed by atoms with Gasteiger partial charge in [0.15, 0.2) is 11.6 Å². The Kier molecular flexibility index (Phi) is 4.45. The predicted octanol–water partition coefficient (Wildman–Crippen LogP) is 5.05. The summed E-state index contributed by atoms with van der Waals surface area (Å²) in [5.41, 5.74) is 6.42. The second-order valence-corrected chi connectivity index (χ2v) is 8.57. The molecule has 2 aromatic carbocycles. The number of hydrogen-bond acceptors (Lipinski definition) is 4. The van der Waals surface area contributed by atoms with Crippen molar-refractivity contribution in [3.63, 3.8) is 0 Å². The van der Waals surface area contributed by atoms with Gasteiger partial charge >= 0.3 is 0 Å². The number of H-pyrrole nitrogens is 1. The zero-order valence-corrected chi connectivity index (χ0v) is 18.1. The zero-order chi connectivity index (χ0) is 21.9. The van der Waals surface area contributed by atoms with Gasteiger partial charge in [-0.25, -0.2) is 0 Å². The number of aromatic amines is 1. The normalized spacial score (nSPS) is 14.7. The van der Waals surface area contributed by atoms with E-state index in [2.05, 4.69) is 16.0 Å². The van der Waals surface area contributed by atoms with E-state index in [0.717, 1.165) is 50.7 Å². The minimum absolute atomic E-state index is 0.105. The second kappa shape index (κ2) is 7.06. The monoisotopic (exact) mass is 412 g/mol. The highest BCUT2D eigenvalue weighted by Crippen LogP contribution is 2.43. The lowest BCUT2D eigenvalue weighted by atomic mass is 9.93. The molecule has 5 rings (SSSR count). The Morgan fingerprint density at radius 1 is 1.00 bits per heavy atom. The van der Waals surface area contributed by atoms with Crippen LogP contribution in [0.2, 0.25) is 0 Å². The maximum absolute atomic E-state index is 13.1. The van der Waals surface area contributed by atoms with Crippen molar-refractivity contribution in [2.45, 2.75) is 26.8 Å². The van der Waals surface area contributed by atoms with Crippen molar-refractivity contribution in [3.8, 4) is 0 Å². The summed E-state index contributed by atoms with van der Waals surface area (Å²) in [5.74, 6) is 0.370. The third-order valence-electron chi connectivity index (χ3n) is 6.00. The summed E-state index contributed by atoms with van der Waals surface area (Å²) < 4.78 is 6.01. The van der Waals surface area contributed by atoms with Crippen molar-refractivity contribution in [1.29, 1.82) is 0 Å². The van der Waals surface area contributed by atoms with Crippen LogP contribution in [-0.4, -0.2) is 35.5 Å². The Morgan fingerprint density at radius 2 is 1.77 bits per heavy atom. The predicted molar refractivity (Wildman–Crippen MR) is 123 cm³/mol. The smallest absolute Gasteiger partial charge is 0.172 e. The first-order valence-corrected chi connectivity index (χ1v) is 10.4.